The molecule has 0 heterocycles. The first kappa shape index (κ1) is 9.30. The van der Waals surface area contributed by atoms with E-state index in [9.17, 15) is 0 Å². The highest BCUT2D eigenvalue weighted by Gasteiger charge is 2.53. The Hall–Kier alpha value is -0.260. The molecular formula is C13H22. The molecule has 4 unspecified atom stereocenters. The van der Waals surface area contributed by atoms with Crippen LogP contribution in [0.4, 0.5) is 0 Å². The van der Waals surface area contributed by atoms with Gasteiger partial charge in [0.15, 0.2) is 0 Å². The van der Waals surface area contributed by atoms with Crippen LogP contribution in [0.1, 0.15) is 47.0 Å². The summed E-state index contributed by atoms with van der Waals surface area (Å²) in [6, 6.07) is 0. The third-order valence-corrected chi connectivity index (χ3v) is 4.56. The maximum atomic E-state index is 2.60. The third kappa shape index (κ3) is 1.35. The molecule has 0 nitrogen and oxygen atoms in total. The van der Waals surface area contributed by atoms with E-state index in [4.69, 9.17) is 0 Å². The van der Waals surface area contributed by atoms with Gasteiger partial charge in [0, 0.05) is 0 Å². The fraction of sp³-hybridized carbons (Fsp3) is 0.846. The highest BCUT2D eigenvalue weighted by Crippen LogP contribution is 2.62. The van der Waals surface area contributed by atoms with E-state index in [2.05, 4.69) is 33.8 Å². The Morgan fingerprint density at radius 3 is 2.54 bits per heavy atom. The zero-order valence-corrected chi connectivity index (χ0v) is 9.43. The van der Waals surface area contributed by atoms with Crippen LogP contribution in [0.5, 0.6) is 0 Å². The summed E-state index contributed by atoms with van der Waals surface area (Å²) < 4.78 is 0. The molecule has 0 amide bonds. The molecule has 2 aliphatic rings. The van der Waals surface area contributed by atoms with Gasteiger partial charge in [-0.15, -0.1) is 0 Å². The van der Waals surface area contributed by atoms with Gasteiger partial charge in [-0.05, 0) is 42.9 Å². The van der Waals surface area contributed by atoms with Gasteiger partial charge in [0.25, 0.3) is 0 Å². The van der Waals surface area contributed by atoms with Crippen LogP contribution in [-0.4, -0.2) is 0 Å². The molecule has 74 valence electrons. The van der Waals surface area contributed by atoms with Gasteiger partial charge >= 0.3 is 0 Å². The minimum Gasteiger partial charge on any atom is -0.0788 e. The van der Waals surface area contributed by atoms with Crippen molar-refractivity contribution in [2.24, 2.45) is 23.2 Å². The number of hydrogen-bond acceptors (Lipinski definition) is 0. The molecule has 1 saturated carbocycles. The summed E-state index contributed by atoms with van der Waals surface area (Å²) in [6.45, 7) is 9.47. The van der Waals surface area contributed by atoms with Crippen molar-refractivity contribution in [2.75, 3.05) is 0 Å². The lowest BCUT2D eigenvalue weighted by molar-refractivity contribution is 0.306. The lowest BCUT2D eigenvalue weighted by atomic mass is 9.74. The first-order chi connectivity index (χ1) is 6.09. The third-order valence-electron chi connectivity index (χ3n) is 4.56. The highest BCUT2D eigenvalue weighted by molar-refractivity contribution is 5.24. The fourth-order valence-electron chi connectivity index (χ4n) is 3.25. The maximum absolute atomic E-state index is 2.60. The Bertz CT molecular complexity index is 238. The van der Waals surface area contributed by atoms with Crippen molar-refractivity contribution < 1.29 is 0 Å². The standard InChI is InChI=1S/C13H22/c1-5-12-8-13(12)6-9(2)11(4)10(3)7-13/h6,10-12H,5,7-8H2,1-4H3. The molecule has 4 atom stereocenters. The Balaban J connectivity index is 2.18. The summed E-state index contributed by atoms with van der Waals surface area (Å²) in [6.07, 6.45) is 6.90. The van der Waals surface area contributed by atoms with Gasteiger partial charge in [-0.1, -0.05) is 38.8 Å². The second-order valence-corrected chi connectivity index (χ2v) is 5.40. The summed E-state index contributed by atoms with van der Waals surface area (Å²) in [5.41, 5.74) is 2.31. The predicted octanol–water partition coefficient (Wildman–Crippen LogP) is 4.02. The Kier molecular flexibility index (Phi) is 2.05. The van der Waals surface area contributed by atoms with Crippen molar-refractivity contribution in [3.63, 3.8) is 0 Å². The van der Waals surface area contributed by atoms with Crippen LogP contribution in [0.25, 0.3) is 0 Å². The van der Waals surface area contributed by atoms with Crippen molar-refractivity contribution in [1.29, 1.82) is 0 Å². The molecule has 1 spiro atoms. The lowest BCUT2D eigenvalue weighted by Crippen LogP contribution is -2.21. The van der Waals surface area contributed by atoms with Gasteiger partial charge in [-0.2, -0.15) is 0 Å². The molecule has 0 N–H and O–H groups in total. The molecule has 1 fully saturated rings. The molecule has 2 rings (SSSR count). The monoisotopic (exact) mass is 178 g/mol. The van der Waals surface area contributed by atoms with E-state index in [1.165, 1.54) is 19.3 Å². The van der Waals surface area contributed by atoms with E-state index in [1.807, 2.05) is 0 Å². The van der Waals surface area contributed by atoms with Crippen LogP contribution >= 0.6 is 0 Å². The molecule has 13 heavy (non-hydrogen) atoms. The topological polar surface area (TPSA) is 0 Å². The molecule has 0 aromatic rings. The summed E-state index contributed by atoms with van der Waals surface area (Å²) in [7, 11) is 0. The zero-order valence-electron chi connectivity index (χ0n) is 9.43. The second-order valence-electron chi connectivity index (χ2n) is 5.40. The van der Waals surface area contributed by atoms with Crippen LogP contribution in [0.2, 0.25) is 0 Å². The maximum Gasteiger partial charge on any atom is -0.00814 e. The quantitative estimate of drug-likeness (QED) is 0.532. The molecule has 0 bridgehead atoms. The van der Waals surface area contributed by atoms with Crippen LogP contribution in [-0.2, 0) is 0 Å². The zero-order chi connectivity index (χ0) is 9.64. The first-order valence-corrected chi connectivity index (χ1v) is 5.78. The summed E-state index contributed by atoms with van der Waals surface area (Å²) in [5, 5.41) is 0. The summed E-state index contributed by atoms with van der Waals surface area (Å²) >= 11 is 0. The van der Waals surface area contributed by atoms with Crippen molar-refractivity contribution >= 4 is 0 Å². The minimum absolute atomic E-state index is 0.658. The molecule has 0 aromatic heterocycles. The van der Waals surface area contributed by atoms with Crippen molar-refractivity contribution in [1.82, 2.24) is 0 Å². The van der Waals surface area contributed by atoms with Gasteiger partial charge in [0.2, 0.25) is 0 Å². The Morgan fingerprint density at radius 2 is 2.08 bits per heavy atom. The van der Waals surface area contributed by atoms with Gasteiger partial charge in [-0.3, -0.25) is 0 Å². The number of hydrogen-bond donors (Lipinski definition) is 0. The largest absolute Gasteiger partial charge is 0.0788 e. The molecule has 0 heteroatoms. The predicted molar refractivity (Wildman–Crippen MR) is 57.5 cm³/mol. The highest BCUT2D eigenvalue weighted by atomic mass is 14.6. The first-order valence-electron chi connectivity index (χ1n) is 5.78. The molecule has 0 aliphatic heterocycles. The van der Waals surface area contributed by atoms with Crippen LogP contribution in [0.3, 0.4) is 0 Å². The summed E-state index contributed by atoms with van der Waals surface area (Å²) in [5.74, 6) is 2.74. The van der Waals surface area contributed by atoms with E-state index in [0.29, 0.717) is 5.41 Å². The Labute approximate surface area is 82.4 Å². The van der Waals surface area contributed by atoms with Crippen molar-refractivity contribution in [2.45, 2.75) is 47.0 Å². The van der Waals surface area contributed by atoms with Gasteiger partial charge in [0.1, 0.15) is 0 Å². The SMILES string of the molecule is CCC1CC12C=C(C)C(C)C(C)C2. The molecular weight excluding hydrogens is 156 g/mol. The fourth-order valence-corrected chi connectivity index (χ4v) is 3.25. The molecule has 0 aromatic carbocycles. The van der Waals surface area contributed by atoms with Crippen molar-refractivity contribution in [3.8, 4) is 0 Å². The molecule has 2 aliphatic carbocycles. The normalized spacial score (nSPS) is 49.2. The lowest BCUT2D eigenvalue weighted by Gasteiger charge is -2.31. The van der Waals surface area contributed by atoms with E-state index in [-0.39, 0.29) is 0 Å². The number of allylic oxidation sites excluding steroid dienone is 2. The van der Waals surface area contributed by atoms with E-state index >= 15 is 0 Å². The second kappa shape index (κ2) is 2.87. The smallest absolute Gasteiger partial charge is 0.00814 e. The van der Waals surface area contributed by atoms with Gasteiger partial charge in [-0.25, -0.2) is 0 Å². The van der Waals surface area contributed by atoms with Gasteiger partial charge < -0.3 is 0 Å². The summed E-state index contributed by atoms with van der Waals surface area (Å²) in [4.78, 5) is 0. The van der Waals surface area contributed by atoms with Crippen LogP contribution in [0.15, 0.2) is 11.6 Å². The number of rotatable bonds is 1. The minimum atomic E-state index is 0.658. The Morgan fingerprint density at radius 1 is 1.38 bits per heavy atom. The van der Waals surface area contributed by atoms with Crippen molar-refractivity contribution in [3.05, 3.63) is 11.6 Å². The molecule has 0 saturated heterocycles. The molecule has 0 radical (unpaired) electrons. The van der Waals surface area contributed by atoms with Crippen LogP contribution in [0, 0.1) is 23.2 Å². The van der Waals surface area contributed by atoms with Crippen LogP contribution < -0.4 is 0 Å². The van der Waals surface area contributed by atoms with E-state index in [0.717, 1.165) is 17.8 Å². The van der Waals surface area contributed by atoms with E-state index in [1.54, 1.807) is 5.57 Å². The average Bonchev–Trinajstić information content (AvgIpc) is 2.74. The van der Waals surface area contributed by atoms with Gasteiger partial charge in [0.05, 0.1) is 0 Å². The van der Waals surface area contributed by atoms with E-state index < -0.39 is 0 Å². The average molecular weight is 178 g/mol.